The Kier molecular flexibility index (Phi) is 6.39. The molecule has 1 amide bonds. The molecule has 2 heterocycles. The van der Waals surface area contributed by atoms with Gasteiger partial charge in [0.25, 0.3) is 5.91 Å². The molecular weight excluding hydrogens is 431 g/mol. The van der Waals surface area contributed by atoms with Crippen LogP contribution in [0.5, 0.6) is 5.75 Å². The highest BCUT2D eigenvalue weighted by Crippen LogP contribution is 2.42. The van der Waals surface area contributed by atoms with Gasteiger partial charge in [0.15, 0.2) is 0 Å². The van der Waals surface area contributed by atoms with Crippen molar-refractivity contribution in [1.82, 2.24) is 15.1 Å². The van der Waals surface area contributed by atoms with Gasteiger partial charge in [-0.1, -0.05) is 44.2 Å². The maximum Gasteiger partial charge on any atom is 0.257 e. The first-order valence-electron chi connectivity index (χ1n) is 11.8. The van der Waals surface area contributed by atoms with Crippen molar-refractivity contribution in [2.75, 3.05) is 12.4 Å². The Morgan fingerprint density at radius 3 is 2.53 bits per heavy atom. The molecule has 7 heteroatoms. The predicted octanol–water partition coefficient (Wildman–Crippen LogP) is 5.77. The summed E-state index contributed by atoms with van der Waals surface area (Å²) in [6, 6.07) is 14.3. The molecule has 0 radical (unpaired) electrons. The molecule has 1 aliphatic heterocycles. The molecule has 0 aliphatic carbocycles. The number of carbonyl (C=O) groups excluding carboxylic acids is 1. The maximum absolute atomic E-state index is 13.6. The molecule has 34 heavy (non-hydrogen) atoms. The van der Waals surface area contributed by atoms with Gasteiger partial charge in [-0.15, -0.1) is 0 Å². The predicted molar refractivity (Wildman–Crippen MR) is 132 cm³/mol. The van der Waals surface area contributed by atoms with E-state index in [0.29, 0.717) is 24.2 Å². The number of ether oxygens (including phenoxy) is 1. The van der Waals surface area contributed by atoms with Crippen LogP contribution in [0.25, 0.3) is 0 Å². The number of methoxy groups -OCH3 is 1. The Morgan fingerprint density at radius 2 is 1.88 bits per heavy atom. The second-order valence-corrected chi connectivity index (χ2v) is 9.52. The Morgan fingerprint density at radius 1 is 1.21 bits per heavy atom. The topological polar surface area (TPSA) is 68.2 Å². The Bertz CT molecular complexity index is 1170. The normalized spacial score (nSPS) is 16.9. The number of fused-ring (bicyclic) bond motifs is 1. The maximum atomic E-state index is 13.6. The van der Waals surface area contributed by atoms with Gasteiger partial charge in [-0.2, -0.15) is 5.10 Å². The van der Waals surface area contributed by atoms with Gasteiger partial charge in [0.05, 0.1) is 30.4 Å². The van der Waals surface area contributed by atoms with Crippen LogP contribution in [0.4, 0.5) is 10.2 Å². The minimum atomic E-state index is -0.605. The quantitative estimate of drug-likeness (QED) is 0.466. The van der Waals surface area contributed by atoms with Crippen LogP contribution >= 0.6 is 0 Å². The molecule has 6 nitrogen and oxygen atoms in total. The number of anilines is 1. The van der Waals surface area contributed by atoms with Gasteiger partial charge in [0, 0.05) is 5.56 Å². The van der Waals surface area contributed by atoms with Gasteiger partial charge in [0.1, 0.15) is 22.9 Å². The molecule has 0 saturated carbocycles. The summed E-state index contributed by atoms with van der Waals surface area (Å²) in [6.45, 7) is 8.30. The van der Waals surface area contributed by atoms with E-state index in [0.717, 1.165) is 23.3 Å². The van der Waals surface area contributed by atoms with Gasteiger partial charge in [-0.05, 0) is 56.9 Å². The first kappa shape index (κ1) is 23.8. The van der Waals surface area contributed by atoms with Gasteiger partial charge in [-0.25, -0.2) is 9.07 Å². The van der Waals surface area contributed by atoms with E-state index in [9.17, 15) is 9.18 Å². The zero-order chi connectivity index (χ0) is 24.5. The molecule has 3 aromatic rings. The number of aromatic nitrogens is 2. The third-order valence-electron chi connectivity index (χ3n) is 7.07. The highest BCUT2D eigenvalue weighted by Gasteiger charge is 2.39. The summed E-state index contributed by atoms with van der Waals surface area (Å²) in [5.41, 5.74) is 1.49. The number of benzene rings is 2. The molecule has 2 N–H and O–H groups in total. The minimum Gasteiger partial charge on any atom is -0.496 e. The lowest BCUT2D eigenvalue weighted by molar-refractivity contribution is 0.0890. The number of amides is 1. The van der Waals surface area contributed by atoms with Gasteiger partial charge < -0.3 is 15.4 Å². The molecule has 0 fully saturated rings. The fourth-order valence-electron chi connectivity index (χ4n) is 5.02. The fraction of sp³-hybridized carbons (Fsp3) is 0.407. The number of para-hydroxylation sites is 1. The molecule has 2 aromatic carbocycles. The van der Waals surface area contributed by atoms with Crippen LogP contribution in [0, 0.1) is 5.82 Å². The van der Waals surface area contributed by atoms with E-state index in [1.54, 1.807) is 25.4 Å². The van der Waals surface area contributed by atoms with Crippen LogP contribution in [-0.2, 0) is 11.1 Å². The van der Waals surface area contributed by atoms with E-state index in [2.05, 4.69) is 29.6 Å². The van der Waals surface area contributed by atoms with Crippen LogP contribution in [0.1, 0.15) is 74.5 Å². The monoisotopic (exact) mass is 464 g/mol. The number of hydrogen-bond donors (Lipinski definition) is 2. The van der Waals surface area contributed by atoms with E-state index in [1.807, 2.05) is 42.8 Å². The van der Waals surface area contributed by atoms with E-state index in [1.165, 1.54) is 12.1 Å². The Balaban J connectivity index is 1.69. The molecule has 1 aliphatic rings. The SMILES string of the molecule is CCC(CC)(NC(=O)c1cnn2c1NC(c1ccccc1OC)CC2(C)C)c1ccc(F)cc1. The van der Waals surface area contributed by atoms with E-state index >= 15 is 0 Å². The summed E-state index contributed by atoms with van der Waals surface area (Å²) in [5, 5.41) is 11.4. The molecule has 1 unspecified atom stereocenters. The third kappa shape index (κ3) is 4.15. The zero-order valence-electron chi connectivity index (χ0n) is 20.5. The molecule has 0 spiro atoms. The Hall–Kier alpha value is -3.35. The summed E-state index contributed by atoms with van der Waals surface area (Å²) < 4.78 is 21.0. The zero-order valence-corrected chi connectivity index (χ0v) is 20.5. The number of hydrogen-bond acceptors (Lipinski definition) is 4. The summed E-state index contributed by atoms with van der Waals surface area (Å²) in [5.74, 6) is 0.987. The molecule has 1 atom stereocenters. The molecule has 0 bridgehead atoms. The largest absolute Gasteiger partial charge is 0.496 e. The highest BCUT2D eigenvalue weighted by atomic mass is 19.1. The summed E-state index contributed by atoms with van der Waals surface area (Å²) in [6.07, 6.45) is 3.76. The lowest BCUT2D eigenvalue weighted by Crippen LogP contribution is -2.45. The van der Waals surface area contributed by atoms with Crippen molar-refractivity contribution in [2.45, 2.75) is 64.1 Å². The minimum absolute atomic E-state index is 0.0406. The molecule has 4 rings (SSSR count). The lowest BCUT2D eigenvalue weighted by atomic mass is 9.84. The number of nitrogens with zero attached hydrogens (tertiary/aromatic N) is 2. The van der Waals surface area contributed by atoms with E-state index in [4.69, 9.17) is 4.74 Å². The van der Waals surface area contributed by atoms with Gasteiger partial charge in [0.2, 0.25) is 0 Å². The molecular formula is C27H33FN4O2. The van der Waals surface area contributed by atoms with Crippen molar-refractivity contribution in [2.24, 2.45) is 0 Å². The van der Waals surface area contributed by atoms with Crippen LogP contribution in [0.15, 0.2) is 54.7 Å². The number of halogens is 1. The van der Waals surface area contributed by atoms with Crippen molar-refractivity contribution in [3.8, 4) is 5.75 Å². The van der Waals surface area contributed by atoms with Crippen LogP contribution in [0.2, 0.25) is 0 Å². The lowest BCUT2D eigenvalue weighted by Gasteiger charge is -2.39. The van der Waals surface area contributed by atoms with Gasteiger partial charge in [-0.3, -0.25) is 4.79 Å². The molecule has 1 aromatic heterocycles. The first-order valence-corrected chi connectivity index (χ1v) is 11.8. The third-order valence-corrected chi connectivity index (χ3v) is 7.07. The van der Waals surface area contributed by atoms with Crippen molar-refractivity contribution < 1.29 is 13.9 Å². The number of carbonyl (C=O) groups is 1. The first-order chi connectivity index (χ1) is 16.2. The standard InChI is InChI=1S/C27H33FN4O2/c1-6-27(7-2,18-12-14-19(28)15-13-18)31-25(33)21-17-29-32-24(21)30-22(16-26(32,3)4)20-10-8-9-11-23(20)34-5/h8-15,17,22,30H,6-7,16H2,1-5H3,(H,31,33). The second kappa shape index (κ2) is 9.12. The van der Waals surface area contributed by atoms with Crippen molar-refractivity contribution >= 4 is 11.7 Å². The van der Waals surface area contributed by atoms with E-state index < -0.39 is 5.54 Å². The van der Waals surface area contributed by atoms with Crippen molar-refractivity contribution in [1.29, 1.82) is 0 Å². The average Bonchev–Trinajstić information content (AvgIpc) is 3.28. The van der Waals surface area contributed by atoms with E-state index in [-0.39, 0.29) is 23.3 Å². The molecule has 0 saturated heterocycles. The Labute approximate surface area is 200 Å². The summed E-state index contributed by atoms with van der Waals surface area (Å²) in [4.78, 5) is 13.6. The van der Waals surface area contributed by atoms with Crippen molar-refractivity contribution in [3.05, 3.63) is 77.2 Å². The van der Waals surface area contributed by atoms with Crippen LogP contribution in [0.3, 0.4) is 0 Å². The fourth-order valence-corrected chi connectivity index (χ4v) is 5.02. The average molecular weight is 465 g/mol. The van der Waals surface area contributed by atoms with Crippen LogP contribution in [-0.4, -0.2) is 22.8 Å². The summed E-state index contributed by atoms with van der Waals surface area (Å²) in [7, 11) is 1.67. The highest BCUT2D eigenvalue weighted by molar-refractivity contribution is 5.99. The number of rotatable bonds is 7. The number of nitrogens with one attached hydrogen (secondary N) is 2. The molecule has 180 valence electrons. The summed E-state index contributed by atoms with van der Waals surface area (Å²) >= 11 is 0. The van der Waals surface area contributed by atoms with Gasteiger partial charge >= 0.3 is 0 Å². The van der Waals surface area contributed by atoms with Crippen LogP contribution < -0.4 is 15.4 Å². The second-order valence-electron chi connectivity index (χ2n) is 9.52. The van der Waals surface area contributed by atoms with Crippen molar-refractivity contribution in [3.63, 3.8) is 0 Å². The smallest absolute Gasteiger partial charge is 0.257 e.